The lowest BCUT2D eigenvalue weighted by Crippen LogP contribution is -2.36. The van der Waals surface area contributed by atoms with Gasteiger partial charge in [0, 0.05) is 18.2 Å². The van der Waals surface area contributed by atoms with Gasteiger partial charge < -0.3 is 5.32 Å². The fraction of sp³-hybridized carbons (Fsp3) is 0.273. The number of allylic oxidation sites excluding steroid dienone is 2. The van der Waals surface area contributed by atoms with Gasteiger partial charge in [-0.25, -0.2) is 0 Å². The van der Waals surface area contributed by atoms with E-state index in [9.17, 15) is 9.59 Å². The number of halogens is 1. The zero-order valence-electron chi connectivity index (χ0n) is 16.1. The van der Waals surface area contributed by atoms with Crippen LogP contribution in [0, 0.1) is 0 Å². The number of Topliss-reactive ketones (excluding diaryl/α,β-unsaturated/α-hetero) is 1. The topological polar surface area (TPSA) is 46.2 Å². The van der Waals surface area contributed by atoms with Crippen molar-refractivity contribution in [2.75, 3.05) is 0 Å². The lowest BCUT2D eigenvalue weighted by molar-refractivity contribution is -0.115. The van der Waals surface area contributed by atoms with E-state index in [2.05, 4.69) is 25.0 Å². The third-order valence-electron chi connectivity index (χ3n) is 4.27. The Morgan fingerprint density at radius 3 is 1.89 bits per heavy atom. The molecule has 0 aliphatic heterocycles. The zero-order chi connectivity index (χ0) is 19.9. The molecule has 2 aromatic rings. The third kappa shape index (κ3) is 6.49. The van der Waals surface area contributed by atoms with Crippen molar-refractivity contribution in [3.8, 4) is 0 Å². The zero-order valence-corrected chi connectivity index (χ0v) is 17.8. The quantitative estimate of drug-likeness (QED) is 0.371. The monoisotopic (exact) mass is 399 g/mol. The van der Waals surface area contributed by atoms with Gasteiger partial charge >= 0.3 is 0 Å². The molecule has 0 radical (unpaired) electrons. The average molecular weight is 400 g/mol. The van der Waals surface area contributed by atoms with Crippen LogP contribution in [0.5, 0.6) is 0 Å². The summed E-state index contributed by atoms with van der Waals surface area (Å²) in [7, 11) is -2.09. The van der Waals surface area contributed by atoms with Crippen LogP contribution < -0.4 is 5.32 Å². The predicted molar refractivity (Wildman–Crippen MR) is 114 cm³/mol. The summed E-state index contributed by atoms with van der Waals surface area (Å²) in [4.78, 5) is 25.2. The first-order chi connectivity index (χ1) is 12.8. The van der Waals surface area contributed by atoms with E-state index >= 15 is 0 Å². The number of carbonyl (C=O) groups is 2. The number of hydrogen-bond acceptors (Lipinski definition) is 3. The molecule has 0 atom stereocenters. The van der Waals surface area contributed by atoms with E-state index in [1.807, 2.05) is 60.7 Å². The van der Waals surface area contributed by atoms with Crippen LogP contribution in [0.1, 0.15) is 17.5 Å². The van der Waals surface area contributed by atoms with Crippen molar-refractivity contribution in [2.24, 2.45) is 0 Å². The largest absolute Gasteiger partial charge is 0.377 e. The van der Waals surface area contributed by atoms with Gasteiger partial charge in [-0.2, -0.15) is 0 Å². The molecule has 142 valence electrons. The second-order valence-electron chi connectivity index (χ2n) is 7.52. The maximum absolute atomic E-state index is 13.0. The van der Waals surface area contributed by atoms with E-state index in [1.165, 1.54) is 0 Å². The lowest BCUT2D eigenvalue weighted by atomic mass is 10.1. The summed E-state index contributed by atoms with van der Waals surface area (Å²) >= 11 is 5.88. The van der Waals surface area contributed by atoms with Gasteiger partial charge in [0.2, 0.25) is 0 Å². The molecule has 0 aliphatic rings. The normalized spacial score (nSPS) is 12.3. The van der Waals surface area contributed by atoms with E-state index < -0.39 is 13.3 Å². The van der Waals surface area contributed by atoms with Crippen molar-refractivity contribution >= 4 is 30.7 Å². The Hall–Kier alpha value is -2.17. The molecule has 0 bridgehead atoms. The Labute approximate surface area is 167 Å². The number of rotatable bonds is 9. The van der Waals surface area contributed by atoms with Crippen molar-refractivity contribution in [3.63, 3.8) is 0 Å². The number of nitrogens with one attached hydrogen (secondary N) is 1. The highest BCUT2D eigenvalue weighted by Gasteiger charge is 2.31. The van der Waals surface area contributed by atoms with Crippen molar-refractivity contribution in [1.82, 2.24) is 5.32 Å². The summed E-state index contributed by atoms with van der Waals surface area (Å²) in [6.45, 7) is 6.64. The minimum atomic E-state index is -2.09. The van der Waals surface area contributed by atoms with Crippen LogP contribution in [0.3, 0.4) is 0 Å². The molecule has 0 saturated carbocycles. The van der Waals surface area contributed by atoms with Gasteiger partial charge in [0.05, 0.1) is 13.8 Å². The standard InChI is InChI=1S/C22H26ClNO2Si/c1-27(2,3)21(19(25)15-14-17-10-6-4-7-11-17)20(22(23)26)24-16-18-12-8-5-9-13-18/h4-13,24H,14-16H2,1-3H3/b21-20-. The van der Waals surface area contributed by atoms with Crippen molar-refractivity contribution in [2.45, 2.75) is 39.0 Å². The molecular formula is C22H26ClNO2Si. The molecule has 2 aromatic carbocycles. The average Bonchev–Trinajstić information content (AvgIpc) is 2.63. The van der Waals surface area contributed by atoms with Gasteiger partial charge in [-0.05, 0) is 29.1 Å². The second kappa shape index (κ2) is 9.67. The molecule has 0 aromatic heterocycles. The van der Waals surface area contributed by atoms with Gasteiger partial charge in [0.15, 0.2) is 5.78 Å². The molecule has 3 nitrogen and oxygen atoms in total. The van der Waals surface area contributed by atoms with E-state index in [-0.39, 0.29) is 11.5 Å². The van der Waals surface area contributed by atoms with Crippen molar-refractivity contribution < 1.29 is 9.59 Å². The molecule has 0 amide bonds. The van der Waals surface area contributed by atoms with Crippen LogP contribution in [-0.4, -0.2) is 19.1 Å². The van der Waals surface area contributed by atoms with Crippen LogP contribution in [-0.2, 0) is 22.6 Å². The first kappa shape index (κ1) is 21.1. The van der Waals surface area contributed by atoms with Crippen LogP contribution in [0.15, 0.2) is 71.6 Å². The number of hydrogen-bond donors (Lipinski definition) is 1. The van der Waals surface area contributed by atoms with E-state index in [0.717, 1.165) is 11.1 Å². The summed E-state index contributed by atoms with van der Waals surface area (Å²) in [6.07, 6.45) is 1.01. The summed E-state index contributed by atoms with van der Waals surface area (Å²) in [5.41, 5.74) is 2.40. The summed E-state index contributed by atoms with van der Waals surface area (Å²) in [5.74, 6) is 0.00239. The van der Waals surface area contributed by atoms with Crippen LogP contribution >= 0.6 is 11.6 Å². The number of carbonyl (C=O) groups excluding carboxylic acids is 2. The number of ketones is 1. The van der Waals surface area contributed by atoms with Gasteiger partial charge in [-0.15, -0.1) is 0 Å². The maximum atomic E-state index is 13.0. The first-order valence-corrected chi connectivity index (χ1v) is 13.0. The second-order valence-corrected chi connectivity index (χ2v) is 12.9. The Bertz CT molecular complexity index is 811. The van der Waals surface area contributed by atoms with Crippen molar-refractivity contribution in [1.29, 1.82) is 0 Å². The molecule has 0 spiro atoms. The highest BCUT2D eigenvalue weighted by atomic mass is 35.5. The molecule has 27 heavy (non-hydrogen) atoms. The van der Waals surface area contributed by atoms with E-state index in [1.54, 1.807) is 0 Å². The third-order valence-corrected chi connectivity index (χ3v) is 6.49. The molecule has 0 unspecified atom stereocenters. The predicted octanol–water partition coefficient (Wildman–Crippen LogP) is 4.88. The number of aryl methyl sites for hydroxylation is 1. The highest BCUT2D eigenvalue weighted by molar-refractivity contribution is 6.88. The smallest absolute Gasteiger partial charge is 0.268 e. The minimum absolute atomic E-state index is 0.00239. The molecule has 1 N–H and O–H groups in total. The van der Waals surface area contributed by atoms with E-state index in [0.29, 0.717) is 24.6 Å². The first-order valence-electron chi connectivity index (χ1n) is 9.08. The van der Waals surface area contributed by atoms with Gasteiger partial charge in [0.1, 0.15) is 0 Å². The molecular weight excluding hydrogens is 374 g/mol. The maximum Gasteiger partial charge on any atom is 0.268 e. The minimum Gasteiger partial charge on any atom is -0.377 e. The summed E-state index contributed by atoms with van der Waals surface area (Å²) in [5, 5.41) is 3.12. The van der Waals surface area contributed by atoms with Crippen molar-refractivity contribution in [3.05, 3.63) is 82.7 Å². The van der Waals surface area contributed by atoms with Crippen LogP contribution in [0.25, 0.3) is 0 Å². The van der Waals surface area contributed by atoms with Gasteiger partial charge in [-0.1, -0.05) is 80.3 Å². The molecule has 5 heteroatoms. The Morgan fingerprint density at radius 2 is 1.41 bits per heavy atom. The molecule has 0 heterocycles. The summed E-state index contributed by atoms with van der Waals surface area (Å²) < 4.78 is 0. The Balaban J connectivity index is 2.25. The summed E-state index contributed by atoms with van der Waals surface area (Å²) in [6, 6.07) is 19.6. The molecule has 2 rings (SSSR count). The molecule has 0 saturated heterocycles. The lowest BCUT2D eigenvalue weighted by Gasteiger charge is -2.24. The SMILES string of the molecule is C[Si](C)(C)/C(C(=O)CCc1ccccc1)=C(\NCc1ccccc1)C(=O)Cl. The van der Waals surface area contributed by atoms with Crippen LogP contribution in [0.2, 0.25) is 19.6 Å². The Kier molecular flexibility index (Phi) is 7.57. The molecule has 0 aliphatic carbocycles. The van der Waals surface area contributed by atoms with E-state index in [4.69, 9.17) is 11.6 Å². The fourth-order valence-corrected chi connectivity index (χ4v) is 5.16. The Morgan fingerprint density at radius 1 is 0.889 bits per heavy atom. The molecule has 0 fully saturated rings. The highest BCUT2D eigenvalue weighted by Crippen LogP contribution is 2.23. The van der Waals surface area contributed by atoms with Gasteiger partial charge in [-0.3, -0.25) is 9.59 Å². The van der Waals surface area contributed by atoms with Gasteiger partial charge in [0.25, 0.3) is 5.24 Å². The van der Waals surface area contributed by atoms with Crippen LogP contribution in [0.4, 0.5) is 0 Å². The number of benzene rings is 2. The fourth-order valence-electron chi connectivity index (χ4n) is 3.00.